The largest absolute Gasteiger partial charge is 0.481 e. The van der Waals surface area contributed by atoms with Gasteiger partial charge in [-0.2, -0.15) is 18.3 Å². The zero-order valence-electron chi connectivity index (χ0n) is 15.6. The van der Waals surface area contributed by atoms with Crippen LogP contribution in [0, 0.1) is 0 Å². The smallest absolute Gasteiger partial charge is 0.416 e. The Balaban J connectivity index is 1.53. The predicted octanol–water partition coefficient (Wildman–Crippen LogP) is 2.33. The summed E-state index contributed by atoms with van der Waals surface area (Å²) < 4.78 is 40.0. The molecule has 1 aliphatic heterocycles. The molecule has 1 aliphatic rings. The van der Waals surface area contributed by atoms with Crippen LogP contribution in [0.2, 0.25) is 0 Å². The van der Waals surface area contributed by atoms with Gasteiger partial charge in [-0.05, 0) is 11.6 Å². The molecule has 3 rings (SSSR count). The summed E-state index contributed by atoms with van der Waals surface area (Å²) in [5.74, 6) is -1.13. The number of carboxylic acid groups (broad SMARTS) is 1. The van der Waals surface area contributed by atoms with Gasteiger partial charge in [0.1, 0.15) is 0 Å². The SMILES string of the molecule is O=C(O)CCn1cc(C(=O)N2CCN(Cc3cccc(C(F)(F)F)c3)CC2)cn1. The number of carboxylic acids is 1. The zero-order valence-corrected chi connectivity index (χ0v) is 15.6. The van der Waals surface area contributed by atoms with Gasteiger partial charge in [-0.15, -0.1) is 0 Å². The van der Waals surface area contributed by atoms with Crippen LogP contribution in [0.1, 0.15) is 27.9 Å². The molecule has 0 bridgehead atoms. The maximum absolute atomic E-state index is 12.8. The third-order valence-corrected chi connectivity index (χ3v) is 4.75. The van der Waals surface area contributed by atoms with Crippen LogP contribution in [0.4, 0.5) is 13.2 Å². The highest BCUT2D eigenvalue weighted by Crippen LogP contribution is 2.29. The van der Waals surface area contributed by atoms with Crippen molar-refractivity contribution < 1.29 is 27.9 Å². The van der Waals surface area contributed by atoms with E-state index in [2.05, 4.69) is 5.10 Å². The number of halogens is 3. The van der Waals surface area contributed by atoms with Crippen molar-refractivity contribution in [3.8, 4) is 0 Å². The van der Waals surface area contributed by atoms with Crippen molar-refractivity contribution in [1.82, 2.24) is 19.6 Å². The number of alkyl halides is 3. The molecular formula is C19H21F3N4O3. The Kier molecular flexibility index (Phi) is 6.21. The van der Waals surface area contributed by atoms with Crippen molar-refractivity contribution in [2.45, 2.75) is 25.7 Å². The third kappa shape index (κ3) is 5.57. The normalized spacial score (nSPS) is 15.5. The summed E-state index contributed by atoms with van der Waals surface area (Å²) in [4.78, 5) is 26.9. The zero-order chi connectivity index (χ0) is 21.0. The fraction of sp³-hybridized carbons (Fsp3) is 0.421. The number of aliphatic carboxylic acids is 1. The van der Waals surface area contributed by atoms with Gasteiger partial charge < -0.3 is 10.0 Å². The van der Waals surface area contributed by atoms with Crippen molar-refractivity contribution in [3.63, 3.8) is 0 Å². The van der Waals surface area contributed by atoms with E-state index in [0.717, 1.165) is 12.1 Å². The lowest BCUT2D eigenvalue weighted by Gasteiger charge is -2.34. The number of carbonyl (C=O) groups excluding carboxylic acids is 1. The van der Waals surface area contributed by atoms with Crippen molar-refractivity contribution >= 4 is 11.9 Å². The molecule has 1 N–H and O–H groups in total. The van der Waals surface area contributed by atoms with E-state index in [1.165, 1.54) is 23.1 Å². The molecule has 0 spiro atoms. The van der Waals surface area contributed by atoms with Crippen LogP contribution in [-0.4, -0.2) is 62.7 Å². The lowest BCUT2D eigenvalue weighted by molar-refractivity contribution is -0.138. The molecule has 29 heavy (non-hydrogen) atoms. The molecule has 0 saturated carbocycles. The standard InChI is InChI=1S/C19H21F3N4O3/c20-19(21,22)16-3-1-2-14(10-16)12-24-6-8-25(9-7-24)18(29)15-11-23-26(13-15)5-4-17(27)28/h1-3,10-11,13H,4-9,12H2,(H,27,28). The number of hydrogen-bond acceptors (Lipinski definition) is 4. The van der Waals surface area contributed by atoms with Gasteiger partial charge in [0, 0.05) is 38.9 Å². The Hall–Kier alpha value is -2.88. The topological polar surface area (TPSA) is 78.7 Å². The van der Waals surface area contributed by atoms with Crippen LogP contribution in [0.15, 0.2) is 36.7 Å². The summed E-state index contributed by atoms with van der Waals surface area (Å²) in [5.41, 5.74) is 0.310. The quantitative estimate of drug-likeness (QED) is 0.791. The highest BCUT2D eigenvalue weighted by molar-refractivity contribution is 5.93. The number of nitrogens with zero attached hydrogens (tertiary/aromatic N) is 4. The molecule has 0 unspecified atom stereocenters. The number of rotatable bonds is 6. The Morgan fingerprint density at radius 1 is 1.14 bits per heavy atom. The number of amides is 1. The summed E-state index contributed by atoms with van der Waals surface area (Å²) >= 11 is 0. The lowest BCUT2D eigenvalue weighted by Crippen LogP contribution is -2.48. The van der Waals surface area contributed by atoms with Crippen LogP contribution < -0.4 is 0 Å². The Bertz CT molecular complexity index is 874. The second kappa shape index (κ2) is 8.64. The van der Waals surface area contributed by atoms with Gasteiger partial charge in [-0.3, -0.25) is 19.2 Å². The second-order valence-electron chi connectivity index (χ2n) is 6.90. The minimum absolute atomic E-state index is 0.0798. The summed E-state index contributed by atoms with van der Waals surface area (Å²) in [6, 6.07) is 5.28. The Labute approximate surface area is 165 Å². The fourth-order valence-electron chi connectivity index (χ4n) is 3.20. The molecule has 1 amide bonds. The van der Waals surface area contributed by atoms with Crippen LogP contribution in [0.25, 0.3) is 0 Å². The van der Waals surface area contributed by atoms with Gasteiger partial charge in [0.15, 0.2) is 0 Å². The highest BCUT2D eigenvalue weighted by Gasteiger charge is 2.30. The minimum atomic E-state index is -4.37. The first kappa shape index (κ1) is 20.8. The first-order valence-electron chi connectivity index (χ1n) is 9.14. The van der Waals surface area contributed by atoms with Gasteiger partial charge in [-0.25, -0.2) is 0 Å². The number of aromatic nitrogens is 2. The summed E-state index contributed by atoms with van der Waals surface area (Å²) in [5, 5.41) is 12.7. The molecule has 1 fully saturated rings. The second-order valence-corrected chi connectivity index (χ2v) is 6.90. The first-order valence-corrected chi connectivity index (χ1v) is 9.14. The molecule has 0 atom stereocenters. The molecule has 1 aromatic carbocycles. The van der Waals surface area contributed by atoms with Gasteiger partial charge in [0.2, 0.25) is 0 Å². The lowest BCUT2D eigenvalue weighted by atomic mass is 10.1. The van der Waals surface area contributed by atoms with E-state index in [1.807, 2.05) is 4.90 Å². The van der Waals surface area contributed by atoms with Gasteiger partial charge in [0.25, 0.3) is 5.91 Å². The average Bonchev–Trinajstić information content (AvgIpc) is 3.15. The molecular weight excluding hydrogens is 389 g/mol. The molecule has 2 aromatic rings. The first-order chi connectivity index (χ1) is 13.7. The Morgan fingerprint density at radius 3 is 2.52 bits per heavy atom. The number of piperazine rings is 1. The molecule has 1 saturated heterocycles. The number of benzene rings is 1. The van der Waals surface area contributed by atoms with Crippen molar-refractivity contribution in [1.29, 1.82) is 0 Å². The fourth-order valence-corrected chi connectivity index (χ4v) is 3.20. The van der Waals surface area contributed by atoms with E-state index in [-0.39, 0.29) is 18.9 Å². The summed E-state index contributed by atoms with van der Waals surface area (Å²) in [7, 11) is 0. The number of aryl methyl sites for hydroxylation is 1. The summed E-state index contributed by atoms with van der Waals surface area (Å²) in [6.45, 7) is 2.59. The molecule has 10 heteroatoms. The number of hydrogen-bond donors (Lipinski definition) is 1. The van der Waals surface area contributed by atoms with Crippen LogP contribution in [0.5, 0.6) is 0 Å². The minimum Gasteiger partial charge on any atom is -0.481 e. The molecule has 0 radical (unpaired) electrons. The maximum atomic E-state index is 12.8. The Morgan fingerprint density at radius 2 is 1.86 bits per heavy atom. The van der Waals surface area contributed by atoms with Crippen LogP contribution in [0.3, 0.4) is 0 Å². The molecule has 7 nitrogen and oxygen atoms in total. The summed E-state index contributed by atoms with van der Waals surface area (Å²) in [6.07, 6.45) is -1.50. The monoisotopic (exact) mass is 410 g/mol. The average molecular weight is 410 g/mol. The van der Waals surface area contributed by atoms with E-state index < -0.39 is 17.7 Å². The van der Waals surface area contributed by atoms with E-state index in [4.69, 9.17) is 5.11 Å². The van der Waals surface area contributed by atoms with Crippen LogP contribution in [-0.2, 0) is 24.1 Å². The predicted molar refractivity (Wildman–Crippen MR) is 97.1 cm³/mol. The third-order valence-electron chi connectivity index (χ3n) is 4.75. The van der Waals surface area contributed by atoms with E-state index >= 15 is 0 Å². The van der Waals surface area contributed by atoms with Crippen molar-refractivity contribution in [2.24, 2.45) is 0 Å². The molecule has 0 aliphatic carbocycles. The molecule has 2 heterocycles. The highest BCUT2D eigenvalue weighted by atomic mass is 19.4. The van der Waals surface area contributed by atoms with E-state index in [0.29, 0.717) is 43.9 Å². The van der Waals surface area contributed by atoms with Gasteiger partial charge in [0.05, 0.1) is 30.3 Å². The molecule has 1 aromatic heterocycles. The van der Waals surface area contributed by atoms with Crippen molar-refractivity contribution in [3.05, 3.63) is 53.3 Å². The van der Waals surface area contributed by atoms with E-state index in [9.17, 15) is 22.8 Å². The van der Waals surface area contributed by atoms with Gasteiger partial charge >= 0.3 is 12.1 Å². The van der Waals surface area contributed by atoms with Crippen LogP contribution >= 0.6 is 0 Å². The van der Waals surface area contributed by atoms with E-state index in [1.54, 1.807) is 11.0 Å². The van der Waals surface area contributed by atoms with Gasteiger partial charge in [-0.1, -0.05) is 18.2 Å². The molecule has 156 valence electrons. The number of carbonyl (C=O) groups is 2. The van der Waals surface area contributed by atoms with Crippen molar-refractivity contribution in [2.75, 3.05) is 26.2 Å². The maximum Gasteiger partial charge on any atom is 0.416 e.